The fraction of sp³-hybridized carbons (Fsp3) is 0.455. The summed E-state index contributed by atoms with van der Waals surface area (Å²) in [6.45, 7) is 3.69. The zero-order valence-electron chi connectivity index (χ0n) is 9.63. The van der Waals surface area contributed by atoms with Gasteiger partial charge in [-0.15, -0.1) is 11.8 Å². The monoisotopic (exact) mass is 253 g/mol. The van der Waals surface area contributed by atoms with Gasteiger partial charge in [0, 0.05) is 41.9 Å². The standard InChI is InChI=1S/C11H15N3O2S/c1-8(12)7-13-4-5-17-11-6-9(14(15)16)2-3-10(11)13/h2-3,6,8H,4-5,7,12H2,1H3/t8-/m1/s1. The molecule has 0 unspecified atom stereocenters. The highest BCUT2D eigenvalue weighted by Crippen LogP contribution is 2.36. The molecule has 1 atom stereocenters. The van der Waals surface area contributed by atoms with Crippen molar-refractivity contribution in [2.45, 2.75) is 17.9 Å². The van der Waals surface area contributed by atoms with Crippen molar-refractivity contribution in [3.05, 3.63) is 28.3 Å². The molecule has 0 fully saturated rings. The highest BCUT2D eigenvalue weighted by atomic mass is 32.2. The Morgan fingerprint density at radius 3 is 3.06 bits per heavy atom. The molecule has 1 aliphatic rings. The van der Waals surface area contributed by atoms with E-state index in [0.29, 0.717) is 0 Å². The van der Waals surface area contributed by atoms with Gasteiger partial charge in [-0.1, -0.05) is 0 Å². The number of nitrogens with zero attached hydrogens (tertiary/aromatic N) is 2. The summed E-state index contributed by atoms with van der Waals surface area (Å²) in [4.78, 5) is 13.5. The van der Waals surface area contributed by atoms with Gasteiger partial charge in [0.15, 0.2) is 0 Å². The van der Waals surface area contributed by atoms with Crippen LogP contribution in [0.3, 0.4) is 0 Å². The molecule has 0 radical (unpaired) electrons. The van der Waals surface area contributed by atoms with Gasteiger partial charge >= 0.3 is 0 Å². The molecule has 1 heterocycles. The average Bonchev–Trinajstić information content (AvgIpc) is 2.28. The Balaban J connectivity index is 2.30. The molecule has 0 aromatic heterocycles. The minimum absolute atomic E-state index is 0.0983. The number of nitro benzene ring substituents is 1. The van der Waals surface area contributed by atoms with Gasteiger partial charge in [0.2, 0.25) is 0 Å². The van der Waals surface area contributed by atoms with Gasteiger partial charge in [0.25, 0.3) is 5.69 Å². The number of fused-ring (bicyclic) bond motifs is 1. The van der Waals surface area contributed by atoms with Crippen molar-refractivity contribution in [2.24, 2.45) is 5.73 Å². The summed E-state index contributed by atoms with van der Waals surface area (Å²) in [7, 11) is 0. The zero-order valence-corrected chi connectivity index (χ0v) is 10.4. The van der Waals surface area contributed by atoms with Crippen molar-refractivity contribution in [2.75, 3.05) is 23.7 Å². The van der Waals surface area contributed by atoms with E-state index in [1.54, 1.807) is 23.9 Å². The molecule has 1 aromatic rings. The van der Waals surface area contributed by atoms with E-state index in [0.717, 1.165) is 29.4 Å². The lowest BCUT2D eigenvalue weighted by Crippen LogP contribution is -2.38. The molecule has 5 nitrogen and oxygen atoms in total. The molecule has 0 amide bonds. The van der Waals surface area contributed by atoms with Crippen LogP contribution in [0.2, 0.25) is 0 Å². The molecule has 2 rings (SSSR count). The molecule has 0 spiro atoms. The Hall–Kier alpha value is -1.27. The Kier molecular flexibility index (Phi) is 3.54. The Morgan fingerprint density at radius 2 is 2.41 bits per heavy atom. The molecular formula is C11H15N3O2S. The van der Waals surface area contributed by atoms with E-state index in [1.165, 1.54) is 0 Å². The highest BCUT2D eigenvalue weighted by molar-refractivity contribution is 7.99. The van der Waals surface area contributed by atoms with Crippen molar-refractivity contribution in [3.8, 4) is 0 Å². The fourth-order valence-electron chi connectivity index (χ4n) is 1.92. The van der Waals surface area contributed by atoms with E-state index in [9.17, 15) is 10.1 Å². The highest BCUT2D eigenvalue weighted by Gasteiger charge is 2.20. The quantitative estimate of drug-likeness (QED) is 0.657. The van der Waals surface area contributed by atoms with Gasteiger partial charge in [0.05, 0.1) is 10.6 Å². The molecule has 1 aromatic carbocycles. The van der Waals surface area contributed by atoms with Crippen LogP contribution in [0.5, 0.6) is 0 Å². The summed E-state index contributed by atoms with van der Waals surface area (Å²) in [5, 5.41) is 10.7. The number of nitro groups is 1. The normalized spacial score (nSPS) is 16.5. The smallest absolute Gasteiger partial charge is 0.270 e. The number of rotatable bonds is 3. The first kappa shape index (κ1) is 12.2. The van der Waals surface area contributed by atoms with Crippen molar-refractivity contribution in [1.82, 2.24) is 0 Å². The number of non-ortho nitro benzene ring substituents is 1. The predicted octanol–water partition coefficient (Wildman–Crippen LogP) is 1.85. The summed E-state index contributed by atoms with van der Waals surface area (Å²) in [5.41, 5.74) is 7.01. The van der Waals surface area contributed by atoms with Gasteiger partial charge in [0.1, 0.15) is 0 Å². The number of benzene rings is 1. The molecule has 92 valence electrons. The summed E-state index contributed by atoms with van der Waals surface area (Å²) < 4.78 is 0. The number of nitrogens with two attached hydrogens (primary N) is 1. The first-order chi connectivity index (χ1) is 8.08. The lowest BCUT2D eigenvalue weighted by Gasteiger charge is -2.31. The van der Waals surface area contributed by atoms with Crippen LogP contribution in [0.25, 0.3) is 0 Å². The van der Waals surface area contributed by atoms with Gasteiger partial charge in [-0.2, -0.15) is 0 Å². The number of hydrogen-bond acceptors (Lipinski definition) is 5. The van der Waals surface area contributed by atoms with Crippen molar-refractivity contribution in [1.29, 1.82) is 0 Å². The molecule has 2 N–H and O–H groups in total. The van der Waals surface area contributed by atoms with E-state index in [4.69, 9.17) is 5.73 Å². The maximum Gasteiger partial charge on any atom is 0.270 e. The summed E-state index contributed by atoms with van der Waals surface area (Å²) in [5.74, 6) is 0.945. The molecule has 1 aliphatic heterocycles. The van der Waals surface area contributed by atoms with Crippen LogP contribution in [0.15, 0.2) is 23.1 Å². The third-order valence-corrected chi connectivity index (χ3v) is 3.65. The Morgan fingerprint density at radius 1 is 1.65 bits per heavy atom. The van der Waals surface area contributed by atoms with Crippen molar-refractivity contribution < 1.29 is 4.92 Å². The van der Waals surface area contributed by atoms with Crippen LogP contribution in [0, 0.1) is 10.1 Å². The Labute approximate surface area is 104 Å². The van der Waals surface area contributed by atoms with E-state index >= 15 is 0 Å². The largest absolute Gasteiger partial charge is 0.368 e. The average molecular weight is 253 g/mol. The fourth-order valence-corrected chi connectivity index (χ4v) is 3.00. The van der Waals surface area contributed by atoms with Crippen molar-refractivity contribution in [3.63, 3.8) is 0 Å². The van der Waals surface area contributed by atoms with Gasteiger partial charge in [-0.05, 0) is 13.0 Å². The second kappa shape index (κ2) is 4.93. The van der Waals surface area contributed by atoms with Crippen molar-refractivity contribution >= 4 is 23.1 Å². The van der Waals surface area contributed by atoms with E-state index in [1.807, 2.05) is 13.0 Å². The minimum atomic E-state index is -0.356. The molecule has 6 heteroatoms. The molecular weight excluding hydrogens is 238 g/mol. The zero-order chi connectivity index (χ0) is 12.4. The molecule has 0 aliphatic carbocycles. The summed E-state index contributed by atoms with van der Waals surface area (Å²) in [6.07, 6.45) is 0. The van der Waals surface area contributed by atoms with Crippen LogP contribution < -0.4 is 10.6 Å². The SMILES string of the molecule is C[C@@H](N)CN1CCSc2cc([N+](=O)[O-])ccc21. The topological polar surface area (TPSA) is 72.4 Å². The maximum atomic E-state index is 10.7. The minimum Gasteiger partial charge on any atom is -0.368 e. The third-order valence-electron chi connectivity index (χ3n) is 2.62. The van der Waals surface area contributed by atoms with Gasteiger partial charge < -0.3 is 10.6 Å². The van der Waals surface area contributed by atoms with Crippen LogP contribution in [0.1, 0.15) is 6.92 Å². The number of anilines is 1. The van der Waals surface area contributed by atoms with Crippen LogP contribution in [-0.4, -0.2) is 29.8 Å². The number of thioether (sulfide) groups is 1. The van der Waals surface area contributed by atoms with E-state index in [-0.39, 0.29) is 16.7 Å². The van der Waals surface area contributed by atoms with Crippen LogP contribution in [-0.2, 0) is 0 Å². The summed E-state index contributed by atoms with van der Waals surface area (Å²) >= 11 is 1.66. The first-order valence-electron chi connectivity index (χ1n) is 5.49. The molecule has 17 heavy (non-hydrogen) atoms. The predicted molar refractivity (Wildman–Crippen MR) is 69.7 cm³/mol. The molecule has 0 saturated heterocycles. The molecule has 0 saturated carbocycles. The summed E-state index contributed by atoms with van der Waals surface area (Å²) in [6, 6.07) is 5.12. The van der Waals surface area contributed by atoms with Gasteiger partial charge in [-0.3, -0.25) is 10.1 Å². The first-order valence-corrected chi connectivity index (χ1v) is 6.48. The van der Waals surface area contributed by atoms with E-state index in [2.05, 4.69) is 4.90 Å². The maximum absolute atomic E-state index is 10.7. The Bertz CT molecular complexity index is 437. The van der Waals surface area contributed by atoms with Crippen LogP contribution in [0.4, 0.5) is 11.4 Å². The third kappa shape index (κ3) is 2.70. The van der Waals surface area contributed by atoms with Gasteiger partial charge in [-0.25, -0.2) is 0 Å². The molecule has 0 bridgehead atoms. The second-order valence-electron chi connectivity index (χ2n) is 4.18. The lowest BCUT2D eigenvalue weighted by atomic mass is 10.2. The number of hydrogen-bond donors (Lipinski definition) is 1. The second-order valence-corrected chi connectivity index (χ2v) is 5.32. The lowest BCUT2D eigenvalue weighted by molar-refractivity contribution is -0.385. The van der Waals surface area contributed by atoms with E-state index < -0.39 is 0 Å². The van der Waals surface area contributed by atoms with Crippen LogP contribution >= 0.6 is 11.8 Å².